The van der Waals surface area contributed by atoms with Gasteiger partial charge in [0, 0.05) is 23.2 Å². The Balaban J connectivity index is 1.93. The molecule has 0 aromatic heterocycles. The quantitative estimate of drug-likeness (QED) is 0.838. The van der Waals surface area contributed by atoms with Crippen LogP contribution in [0.2, 0.25) is 0 Å². The van der Waals surface area contributed by atoms with Crippen molar-refractivity contribution in [3.05, 3.63) is 33.4 Å². The van der Waals surface area contributed by atoms with Gasteiger partial charge in [-0.3, -0.25) is 4.90 Å². The van der Waals surface area contributed by atoms with E-state index in [4.69, 9.17) is 0 Å². The van der Waals surface area contributed by atoms with Gasteiger partial charge in [-0.1, -0.05) is 12.1 Å². The van der Waals surface area contributed by atoms with Gasteiger partial charge in [-0.2, -0.15) is 0 Å². The number of alkyl halides is 1. The predicted molar refractivity (Wildman–Crippen MR) is 70.0 cm³/mol. The maximum Gasteiger partial charge on any atom is 0.139 e. The molecule has 1 aliphatic rings. The summed E-state index contributed by atoms with van der Waals surface area (Å²) in [6.07, 6.45) is -1.34. The van der Waals surface area contributed by atoms with Crippen LogP contribution in [-0.4, -0.2) is 35.4 Å². The van der Waals surface area contributed by atoms with Crippen LogP contribution in [0.3, 0.4) is 0 Å². The highest BCUT2D eigenvalue weighted by Crippen LogP contribution is 2.17. The van der Waals surface area contributed by atoms with E-state index in [9.17, 15) is 9.50 Å². The molecule has 2 nitrogen and oxygen atoms in total. The molecule has 1 aliphatic heterocycles. The van der Waals surface area contributed by atoms with Gasteiger partial charge in [0.25, 0.3) is 0 Å². The van der Waals surface area contributed by atoms with Gasteiger partial charge in [0.05, 0.1) is 6.10 Å². The minimum atomic E-state index is -1.10. The van der Waals surface area contributed by atoms with Gasteiger partial charge in [-0.05, 0) is 46.7 Å². The Labute approximate surface area is 109 Å². The highest BCUT2D eigenvalue weighted by atomic mass is 127. The molecule has 0 radical (unpaired) electrons. The van der Waals surface area contributed by atoms with Crippen LogP contribution in [-0.2, 0) is 6.54 Å². The highest BCUT2D eigenvalue weighted by molar-refractivity contribution is 14.1. The van der Waals surface area contributed by atoms with E-state index >= 15 is 0 Å². The number of rotatable bonds is 2. The van der Waals surface area contributed by atoms with E-state index in [-0.39, 0.29) is 0 Å². The Kier molecular flexibility index (Phi) is 4.16. The average Bonchev–Trinajstić information content (AvgIpc) is 2.27. The van der Waals surface area contributed by atoms with Crippen LogP contribution < -0.4 is 0 Å². The molecule has 1 aromatic carbocycles. The highest BCUT2D eigenvalue weighted by Gasteiger charge is 2.27. The molecule has 1 fully saturated rings. The van der Waals surface area contributed by atoms with E-state index in [1.165, 1.54) is 9.13 Å². The zero-order valence-corrected chi connectivity index (χ0v) is 11.1. The number of aliphatic hydroxyl groups is 1. The smallest absolute Gasteiger partial charge is 0.139 e. The molecule has 1 saturated heterocycles. The summed E-state index contributed by atoms with van der Waals surface area (Å²) in [7, 11) is 0. The first-order valence-corrected chi connectivity index (χ1v) is 6.52. The van der Waals surface area contributed by atoms with E-state index in [2.05, 4.69) is 51.8 Å². The number of piperidine rings is 1. The summed E-state index contributed by atoms with van der Waals surface area (Å²) in [4.78, 5) is 2.06. The third-order valence-electron chi connectivity index (χ3n) is 2.91. The molecule has 0 saturated carbocycles. The lowest BCUT2D eigenvalue weighted by atomic mass is 10.1. The van der Waals surface area contributed by atoms with Crippen molar-refractivity contribution in [2.24, 2.45) is 0 Å². The second kappa shape index (κ2) is 5.42. The molecule has 2 atom stereocenters. The number of aliphatic hydroxyl groups excluding tert-OH is 1. The summed E-state index contributed by atoms with van der Waals surface area (Å²) in [5.41, 5.74) is 1.20. The van der Waals surface area contributed by atoms with Crippen molar-refractivity contribution in [3.8, 4) is 0 Å². The normalized spacial score (nSPS) is 26.9. The van der Waals surface area contributed by atoms with Crippen LogP contribution in [0.4, 0.5) is 4.39 Å². The van der Waals surface area contributed by atoms with E-state index < -0.39 is 12.3 Å². The van der Waals surface area contributed by atoms with Crippen molar-refractivity contribution in [1.29, 1.82) is 0 Å². The van der Waals surface area contributed by atoms with Gasteiger partial charge in [-0.25, -0.2) is 4.39 Å². The molecule has 2 rings (SSSR count). The Bertz CT molecular complexity index is 343. The lowest BCUT2D eigenvalue weighted by molar-refractivity contribution is 0.00393. The first-order valence-electron chi connectivity index (χ1n) is 5.44. The molecule has 0 amide bonds. The second-order valence-electron chi connectivity index (χ2n) is 4.23. The molecule has 1 heterocycles. The van der Waals surface area contributed by atoms with Crippen molar-refractivity contribution < 1.29 is 9.50 Å². The molecular weight excluding hydrogens is 320 g/mol. The van der Waals surface area contributed by atoms with Gasteiger partial charge < -0.3 is 5.11 Å². The maximum atomic E-state index is 13.3. The van der Waals surface area contributed by atoms with E-state index in [1.807, 2.05) is 0 Å². The third-order valence-corrected chi connectivity index (χ3v) is 3.63. The zero-order valence-electron chi connectivity index (χ0n) is 8.94. The first-order chi connectivity index (χ1) is 7.65. The second-order valence-corrected chi connectivity index (χ2v) is 5.48. The fourth-order valence-electron chi connectivity index (χ4n) is 1.95. The first kappa shape index (κ1) is 12.3. The van der Waals surface area contributed by atoms with Crippen LogP contribution in [0, 0.1) is 3.57 Å². The van der Waals surface area contributed by atoms with Crippen LogP contribution in [0.1, 0.15) is 12.0 Å². The van der Waals surface area contributed by atoms with Crippen LogP contribution >= 0.6 is 22.6 Å². The average molecular weight is 335 g/mol. The van der Waals surface area contributed by atoms with Crippen molar-refractivity contribution in [1.82, 2.24) is 4.90 Å². The summed E-state index contributed by atoms with van der Waals surface area (Å²) >= 11 is 2.27. The molecule has 0 bridgehead atoms. The standard InChI is InChI=1S/C12H15FINO/c13-11-8-15(6-5-12(11)16)7-9-1-3-10(14)4-2-9/h1-4,11-12,16H,5-8H2/t11-,12+/m1/s1. The number of hydrogen-bond donors (Lipinski definition) is 1. The van der Waals surface area contributed by atoms with Crippen molar-refractivity contribution >= 4 is 22.6 Å². The molecule has 1 aromatic rings. The van der Waals surface area contributed by atoms with E-state index in [0.29, 0.717) is 13.0 Å². The Morgan fingerprint density at radius 1 is 1.38 bits per heavy atom. The minimum absolute atomic E-state index is 0.340. The number of benzene rings is 1. The Hall–Kier alpha value is -0.200. The van der Waals surface area contributed by atoms with Crippen molar-refractivity contribution in [2.45, 2.75) is 25.2 Å². The lowest BCUT2D eigenvalue weighted by Crippen LogP contribution is -2.44. The Morgan fingerprint density at radius 3 is 2.69 bits per heavy atom. The molecular formula is C12H15FINO. The van der Waals surface area contributed by atoms with Gasteiger partial charge in [-0.15, -0.1) is 0 Å². The summed E-state index contributed by atoms with van der Waals surface area (Å²) < 4.78 is 14.5. The Morgan fingerprint density at radius 2 is 2.06 bits per heavy atom. The molecule has 4 heteroatoms. The zero-order chi connectivity index (χ0) is 11.5. The summed E-state index contributed by atoms with van der Waals surface area (Å²) in [6.45, 7) is 1.88. The van der Waals surface area contributed by atoms with E-state index in [0.717, 1.165) is 13.1 Å². The van der Waals surface area contributed by atoms with Crippen molar-refractivity contribution in [2.75, 3.05) is 13.1 Å². The van der Waals surface area contributed by atoms with Crippen LogP contribution in [0.25, 0.3) is 0 Å². The monoisotopic (exact) mass is 335 g/mol. The van der Waals surface area contributed by atoms with Gasteiger partial charge in [0.2, 0.25) is 0 Å². The molecule has 0 unspecified atom stereocenters. The van der Waals surface area contributed by atoms with E-state index in [1.54, 1.807) is 0 Å². The fourth-order valence-corrected chi connectivity index (χ4v) is 2.31. The number of hydrogen-bond acceptors (Lipinski definition) is 2. The maximum absolute atomic E-state index is 13.3. The summed E-state index contributed by atoms with van der Waals surface area (Å²) in [5, 5.41) is 9.30. The van der Waals surface area contributed by atoms with Gasteiger partial charge in [0.1, 0.15) is 6.17 Å². The topological polar surface area (TPSA) is 23.5 Å². The third kappa shape index (κ3) is 3.15. The summed E-state index contributed by atoms with van der Waals surface area (Å²) in [6, 6.07) is 8.25. The largest absolute Gasteiger partial charge is 0.390 e. The molecule has 1 N–H and O–H groups in total. The number of likely N-dealkylation sites (tertiary alicyclic amines) is 1. The fraction of sp³-hybridized carbons (Fsp3) is 0.500. The summed E-state index contributed by atoms with van der Waals surface area (Å²) in [5.74, 6) is 0. The predicted octanol–water partition coefficient (Wildman–Crippen LogP) is 2.20. The van der Waals surface area contributed by atoms with Gasteiger partial charge >= 0.3 is 0 Å². The van der Waals surface area contributed by atoms with Crippen LogP contribution in [0.5, 0.6) is 0 Å². The molecule has 88 valence electrons. The molecule has 16 heavy (non-hydrogen) atoms. The number of nitrogens with zero attached hydrogens (tertiary/aromatic N) is 1. The lowest BCUT2D eigenvalue weighted by Gasteiger charge is -2.32. The SMILES string of the molecule is O[C@H]1CCN(Cc2ccc(I)cc2)C[C@H]1F. The number of halogens is 2. The molecule has 0 spiro atoms. The minimum Gasteiger partial charge on any atom is -0.390 e. The molecule has 0 aliphatic carbocycles. The van der Waals surface area contributed by atoms with Crippen molar-refractivity contribution in [3.63, 3.8) is 0 Å². The van der Waals surface area contributed by atoms with Gasteiger partial charge in [0.15, 0.2) is 0 Å². The van der Waals surface area contributed by atoms with Crippen LogP contribution in [0.15, 0.2) is 24.3 Å².